The molecule has 1 aliphatic rings. The van der Waals surface area contributed by atoms with Gasteiger partial charge < -0.3 is 15.3 Å². The molecule has 0 aromatic carbocycles. The minimum absolute atomic E-state index is 0.0355. The molecule has 2 unspecified atom stereocenters. The number of hydrogen-bond acceptors (Lipinski definition) is 5. The number of aliphatic hydroxyl groups excluding tert-OH is 1. The number of nitrogens with zero attached hydrogens (tertiary/aromatic N) is 2. The third kappa shape index (κ3) is 6.60. The van der Waals surface area contributed by atoms with Gasteiger partial charge in [0.25, 0.3) is 0 Å². The summed E-state index contributed by atoms with van der Waals surface area (Å²) in [6, 6.07) is 1.97. The van der Waals surface area contributed by atoms with Gasteiger partial charge in [0, 0.05) is 29.7 Å². The summed E-state index contributed by atoms with van der Waals surface area (Å²) in [5, 5.41) is 23.8. The number of amides is 2. The lowest BCUT2D eigenvalue weighted by molar-refractivity contribution is -0.143. The van der Waals surface area contributed by atoms with Crippen LogP contribution in [0.2, 0.25) is 0 Å². The summed E-state index contributed by atoms with van der Waals surface area (Å²) in [6.45, 7) is 16.3. The highest BCUT2D eigenvalue weighted by Gasteiger charge is 2.40. The Morgan fingerprint density at radius 2 is 1.82 bits per heavy atom. The van der Waals surface area contributed by atoms with Crippen LogP contribution >= 0.6 is 11.3 Å². The van der Waals surface area contributed by atoms with E-state index in [1.54, 1.807) is 0 Å². The maximum Gasteiger partial charge on any atom is 0.228 e. The molecular formula is C27H43N3O3S. The summed E-state index contributed by atoms with van der Waals surface area (Å²) >= 11 is 1.47. The van der Waals surface area contributed by atoms with Crippen LogP contribution in [0.3, 0.4) is 0 Å². The summed E-state index contributed by atoms with van der Waals surface area (Å²) < 4.78 is 0. The van der Waals surface area contributed by atoms with Crippen LogP contribution in [0.5, 0.6) is 0 Å². The molecule has 1 heterocycles. The molecule has 34 heavy (non-hydrogen) atoms. The average molecular weight is 490 g/mol. The number of rotatable bonds is 8. The standard InChI is InChI=1S/C27H43N3O3S/c1-9-17(10-2)24(33)29-25-20(15-28)19-12-11-18(13-21(19)34-25)30(22(16-31)27(6,7)8)23(32)14-26(3,4)5/h17-18,22,31H,9-14,16H2,1-8H3,(H,29,33). The lowest BCUT2D eigenvalue weighted by Crippen LogP contribution is -2.56. The first-order valence-corrected chi connectivity index (χ1v) is 13.4. The molecule has 2 N–H and O–H groups in total. The van der Waals surface area contributed by atoms with Crippen LogP contribution in [0.1, 0.15) is 97.1 Å². The summed E-state index contributed by atoms with van der Waals surface area (Å²) in [4.78, 5) is 29.2. The number of carbonyl (C=O) groups excluding carboxylic acids is 2. The zero-order valence-corrected chi connectivity index (χ0v) is 23.1. The summed E-state index contributed by atoms with van der Waals surface area (Å²) in [5.74, 6) is -0.0398. The largest absolute Gasteiger partial charge is 0.394 e. The number of carbonyl (C=O) groups is 2. The van der Waals surface area contributed by atoms with Gasteiger partial charge in [0.1, 0.15) is 11.1 Å². The first kappa shape index (κ1) is 28.3. The van der Waals surface area contributed by atoms with Crippen LogP contribution in [0, 0.1) is 28.1 Å². The third-order valence-electron chi connectivity index (χ3n) is 6.82. The van der Waals surface area contributed by atoms with Crippen molar-refractivity contribution in [3.8, 4) is 6.07 Å². The zero-order valence-electron chi connectivity index (χ0n) is 22.2. The Bertz CT molecular complexity index is 913. The van der Waals surface area contributed by atoms with E-state index >= 15 is 0 Å². The van der Waals surface area contributed by atoms with Crippen LogP contribution in [0.4, 0.5) is 5.00 Å². The predicted octanol–water partition coefficient (Wildman–Crippen LogP) is 5.52. The fourth-order valence-electron chi connectivity index (χ4n) is 4.84. The Hall–Kier alpha value is -1.91. The molecule has 2 amide bonds. The van der Waals surface area contributed by atoms with Crippen LogP contribution < -0.4 is 5.32 Å². The SMILES string of the molecule is CCC(CC)C(=O)Nc1sc2c(c1C#N)CCC(N(C(=O)CC(C)(C)C)C(CO)C(C)(C)C)C2. The molecule has 0 fully saturated rings. The third-order valence-corrected chi connectivity index (χ3v) is 7.99. The number of anilines is 1. The number of nitriles is 1. The Balaban J connectivity index is 2.40. The minimum atomic E-state index is -0.293. The van der Waals surface area contributed by atoms with E-state index in [9.17, 15) is 20.0 Å². The number of hydrogen-bond donors (Lipinski definition) is 2. The second kappa shape index (κ2) is 11.2. The molecule has 0 saturated carbocycles. The first-order chi connectivity index (χ1) is 15.8. The Morgan fingerprint density at radius 1 is 1.21 bits per heavy atom. The molecule has 1 aliphatic carbocycles. The van der Waals surface area contributed by atoms with Crippen molar-refractivity contribution in [2.24, 2.45) is 16.7 Å². The van der Waals surface area contributed by atoms with Gasteiger partial charge in [0.2, 0.25) is 11.8 Å². The quantitative estimate of drug-likeness (QED) is 0.502. The van der Waals surface area contributed by atoms with E-state index in [0.717, 1.165) is 29.7 Å². The minimum Gasteiger partial charge on any atom is -0.394 e. The van der Waals surface area contributed by atoms with Crippen molar-refractivity contribution in [1.82, 2.24) is 4.90 Å². The van der Waals surface area contributed by atoms with E-state index in [1.165, 1.54) is 11.3 Å². The van der Waals surface area contributed by atoms with Gasteiger partial charge in [-0.1, -0.05) is 55.4 Å². The van der Waals surface area contributed by atoms with Crippen LogP contribution in [-0.4, -0.2) is 40.5 Å². The lowest BCUT2D eigenvalue weighted by Gasteiger charge is -2.45. The highest BCUT2D eigenvalue weighted by molar-refractivity contribution is 7.16. The Labute approximate surface area is 209 Å². The Morgan fingerprint density at radius 3 is 2.29 bits per heavy atom. The van der Waals surface area contributed by atoms with E-state index in [2.05, 4.69) is 52.9 Å². The van der Waals surface area contributed by atoms with E-state index in [-0.39, 0.29) is 47.3 Å². The maximum absolute atomic E-state index is 13.5. The number of aliphatic hydroxyl groups is 1. The molecule has 0 spiro atoms. The number of fused-ring (bicyclic) bond motifs is 1. The second-order valence-corrected chi connectivity index (χ2v) is 12.9. The molecule has 0 aliphatic heterocycles. The van der Waals surface area contributed by atoms with Gasteiger partial charge in [-0.05, 0) is 42.1 Å². The summed E-state index contributed by atoms with van der Waals surface area (Å²) in [5.41, 5.74) is 1.14. The van der Waals surface area contributed by atoms with E-state index < -0.39 is 0 Å². The van der Waals surface area contributed by atoms with Crippen molar-refractivity contribution in [2.75, 3.05) is 11.9 Å². The molecule has 7 heteroatoms. The molecule has 2 rings (SSSR count). The molecule has 1 aromatic rings. The van der Waals surface area contributed by atoms with Crippen molar-refractivity contribution in [1.29, 1.82) is 5.26 Å². The smallest absolute Gasteiger partial charge is 0.228 e. The van der Waals surface area contributed by atoms with Crippen molar-refractivity contribution in [3.63, 3.8) is 0 Å². The molecule has 2 atom stereocenters. The highest BCUT2D eigenvalue weighted by Crippen LogP contribution is 2.41. The summed E-state index contributed by atoms with van der Waals surface area (Å²) in [7, 11) is 0. The lowest BCUT2D eigenvalue weighted by atomic mass is 9.81. The van der Waals surface area contributed by atoms with Crippen LogP contribution in [0.15, 0.2) is 0 Å². The van der Waals surface area contributed by atoms with E-state index in [0.29, 0.717) is 29.8 Å². The van der Waals surface area contributed by atoms with Gasteiger partial charge in [-0.25, -0.2) is 0 Å². The predicted molar refractivity (Wildman–Crippen MR) is 139 cm³/mol. The second-order valence-electron chi connectivity index (χ2n) is 11.8. The van der Waals surface area contributed by atoms with Crippen LogP contribution in [-0.2, 0) is 22.4 Å². The molecule has 190 valence electrons. The van der Waals surface area contributed by atoms with Gasteiger partial charge >= 0.3 is 0 Å². The maximum atomic E-state index is 13.5. The van der Waals surface area contributed by atoms with Crippen molar-refractivity contribution in [2.45, 2.75) is 106 Å². The fraction of sp³-hybridized carbons (Fsp3) is 0.741. The Kier molecular flexibility index (Phi) is 9.35. The topological polar surface area (TPSA) is 93.4 Å². The molecule has 6 nitrogen and oxygen atoms in total. The number of nitrogens with one attached hydrogen (secondary N) is 1. The molecule has 1 aromatic heterocycles. The highest BCUT2D eigenvalue weighted by atomic mass is 32.1. The average Bonchev–Trinajstić information content (AvgIpc) is 3.06. The molecular weight excluding hydrogens is 446 g/mol. The number of thiophene rings is 1. The van der Waals surface area contributed by atoms with Gasteiger partial charge in [0.05, 0.1) is 18.2 Å². The molecule has 0 saturated heterocycles. The van der Waals surface area contributed by atoms with Crippen molar-refractivity contribution < 1.29 is 14.7 Å². The zero-order chi connectivity index (χ0) is 25.8. The fourth-order valence-corrected chi connectivity index (χ4v) is 6.11. The molecule has 0 bridgehead atoms. The van der Waals surface area contributed by atoms with E-state index in [4.69, 9.17) is 0 Å². The van der Waals surface area contributed by atoms with Gasteiger partial charge in [-0.15, -0.1) is 11.3 Å². The van der Waals surface area contributed by atoms with Crippen molar-refractivity contribution >= 4 is 28.2 Å². The summed E-state index contributed by atoms with van der Waals surface area (Å²) in [6.07, 6.45) is 3.99. The van der Waals surface area contributed by atoms with Gasteiger partial charge in [0.15, 0.2) is 0 Å². The van der Waals surface area contributed by atoms with Gasteiger partial charge in [-0.3, -0.25) is 9.59 Å². The monoisotopic (exact) mass is 489 g/mol. The van der Waals surface area contributed by atoms with Crippen LogP contribution in [0.25, 0.3) is 0 Å². The van der Waals surface area contributed by atoms with E-state index in [1.807, 2.05) is 18.7 Å². The normalized spacial score (nSPS) is 17.1. The van der Waals surface area contributed by atoms with Crippen molar-refractivity contribution in [3.05, 3.63) is 16.0 Å². The molecule has 0 radical (unpaired) electrons. The van der Waals surface area contributed by atoms with Gasteiger partial charge in [-0.2, -0.15) is 5.26 Å². The first-order valence-electron chi connectivity index (χ1n) is 12.5.